The van der Waals surface area contributed by atoms with Crippen molar-refractivity contribution in [2.75, 3.05) is 20.3 Å². The molecule has 0 N–H and O–H groups in total. The predicted octanol–water partition coefficient (Wildman–Crippen LogP) is 2.12. The van der Waals surface area contributed by atoms with E-state index in [9.17, 15) is 0 Å². The highest BCUT2D eigenvalue weighted by atomic mass is 16.7. The molecular formula is C12H17NO2. The largest absolute Gasteiger partial charge is 0.350 e. The maximum absolute atomic E-state index is 5.30. The van der Waals surface area contributed by atoms with Crippen LogP contribution in [0.15, 0.2) is 41.4 Å². The van der Waals surface area contributed by atoms with Crippen molar-refractivity contribution >= 4 is 6.21 Å². The third kappa shape index (κ3) is 4.72. The molecule has 0 aromatic heterocycles. The summed E-state index contributed by atoms with van der Waals surface area (Å²) in [6.45, 7) is 5.12. The van der Waals surface area contributed by atoms with Gasteiger partial charge in [0.05, 0.1) is 13.2 Å². The molecule has 0 aliphatic carbocycles. The Balaban J connectivity index is 2.36. The fraction of sp³-hybridized carbons (Fsp3) is 0.417. The van der Waals surface area contributed by atoms with Crippen molar-refractivity contribution in [2.24, 2.45) is 4.99 Å². The van der Waals surface area contributed by atoms with Crippen LogP contribution in [0.25, 0.3) is 0 Å². The zero-order valence-corrected chi connectivity index (χ0v) is 9.06. The summed E-state index contributed by atoms with van der Waals surface area (Å²) in [6.07, 6.45) is 10.1. The van der Waals surface area contributed by atoms with Gasteiger partial charge in [0, 0.05) is 19.7 Å². The highest BCUT2D eigenvalue weighted by Gasteiger charge is 2.13. The van der Waals surface area contributed by atoms with E-state index in [2.05, 4.69) is 11.6 Å². The van der Waals surface area contributed by atoms with Gasteiger partial charge in [0.15, 0.2) is 6.29 Å². The summed E-state index contributed by atoms with van der Waals surface area (Å²) >= 11 is 0. The minimum atomic E-state index is -0.0767. The molecule has 0 radical (unpaired) electrons. The van der Waals surface area contributed by atoms with Gasteiger partial charge in [-0.2, -0.15) is 0 Å². The van der Waals surface area contributed by atoms with Crippen LogP contribution < -0.4 is 0 Å². The first-order valence-electron chi connectivity index (χ1n) is 5.01. The molecule has 0 saturated carbocycles. The van der Waals surface area contributed by atoms with Gasteiger partial charge in [-0.3, -0.25) is 4.99 Å². The Morgan fingerprint density at radius 1 is 1.47 bits per heavy atom. The van der Waals surface area contributed by atoms with Crippen molar-refractivity contribution in [1.29, 1.82) is 0 Å². The minimum absolute atomic E-state index is 0.0767. The number of hydrogen-bond acceptors (Lipinski definition) is 3. The molecule has 3 heteroatoms. The molecule has 1 aliphatic rings. The molecule has 15 heavy (non-hydrogen) atoms. The van der Waals surface area contributed by atoms with Gasteiger partial charge < -0.3 is 9.47 Å². The van der Waals surface area contributed by atoms with Gasteiger partial charge in [-0.25, -0.2) is 0 Å². The lowest BCUT2D eigenvalue weighted by atomic mass is 10.2. The standard InChI is InChI=1S/C12H17NO2/c1-3-11(7-8-13-2)5-4-6-12-14-9-10-15-12/h3-5,7-8,12H,1,6,9-10H2,2H3/b5-4+,11-7+,13-8?. The quantitative estimate of drug-likeness (QED) is 0.510. The smallest absolute Gasteiger partial charge is 0.161 e. The molecule has 0 aromatic carbocycles. The van der Waals surface area contributed by atoms with E-state index in [0.717, 1.165) is 12.0 Å². The van der Waals surface area contributed by atoms with Crippen LogP contribution in [0.2, 0.25) is 0 Å². The summed E-state index contributed by atoms with van der Waals surface area (Å²) in [5.41, 5.74) is 1.03. The van der Waals surface area contributed by atoms with E-state index in [1.165, 1.54) is 0 Å². The monoisotopic (exact) mass is 207 g/mol. The van der Waals surface area contributed by atoms with E-state index in [1.807, 2.05) is 18.2 Å². The zero-order chi connectivity index (χ0) is 10.9. The van der Waals surface area contributed by atoms with Crippen LogP contribution in [-0.2, 0) is 9.47 Å². The molecule has 0 bridgehead atoms. The molecule has 3 nitrogen and oxygen atoms in total. The Morgan fingerprint density at radius 3 is 2.80 bits per heavy atom. The van der Waals surface area contributed by atoms with Crippen LogP contribution in [0.1, 0.15) is 6.42 Å². The second-order valence-corrected chi connectivity index (χ2v) is 3.09. The third-order valence-corrected chi connectivity index (χ3v) is 1.98. The second kappa shape index (κ2) is 7.15. The summed E-state index contributed by atoms with van der Waals surface area (Å²) in [5.74, 6) is 0. The van der Waals surface area contributed by atoms with Gasteiger partial charge in [0.1, 0.15) is 0 Å². The Labute approximate surface area is 90.8 Å². The highest BCUT2D eigenvalue weighted by molar-refractivity contribution is 5.73. The van der Waals surface area contributed by atoms with E-state index >= 15 is 0 Å². The molecule has 0 atom stereocenters. The van der Waals surface area contributed by atoms with Crippen molar-refractivity contribution in [2.45, 2.75) is 12.7 Å². The number of allylic oxidation sites excluding steroid dienone is 4. The minimum Gasteiger partial charge on any atom is -0.350 e. The summed E-state index contributed by atoms with van der Waals surface area (Å²) in [6, 6.07) is 0. The normalized spacial score (nSPS) is 19.4. The van der Waals surface area contributed by atoms with E-state index in [4.69, 9.17) is 9.47 Å². The van der Waals surface area contributed by atoms with E-state index in [-0.39, 0.29) is 6.29 Å². The van der Waals surface area contributed by atoms with Gasteiger partial charge in [-0.1, -0.05) is 24.8 Å². The second-order valence-electron chi connectivity index (χ2n) is 3.09. The summed E-state index contributed by atoms with van der Waals surface area (Å²) in [5, 5.41) is 0. The van der Waals surface area contributed by atoms with Crippen molar-refractivity contribution < 1.29 is 9.47 Å². The number of ether oxygens (including phenoxy) is 2. The fourth-order valence-corrected chi connectivity index (χ4v) is 1.21. The van der Waals surface area contributed by atoms with Gasteiger partial charge in [-0.05, 0) is 11.6 Å². The number of rotatable bonds is 5. The van der Waals surface area contributed by atoms with Crippen molar-refractivity contribution in [1.82, 2.24) is 0 Å². The lowest BCUT2D eigenvalue weighted by molar-refractivity contribution is -0.0380. The molecule has 1 aliphatic heterocycles. The third-order valence-electron chi connectivity index (χ3n) is 1.98. The molecular weight excluding hydrogens is 190 g/mol. The first-order valence-corrected chi connectivity index (χ1v) is 5.01. The Bertz CT molecular complexity index is 273. The molecule has 1 saturated heterocycles. The predicted molar refractivity (Wildman–Crippen MR) is 62.1 cm³/mol. The zero-order valence-electron chi connectivity index (χ0n) is 9.06. The van der Waals surface area contributed by atoms with Gasteiger partial charge in [0.2, 0.25) is 0 Å². The molecule has 0 aromatic rings. The van der Waals surface area contributed by atoms with Crippen LogP contribution in [0.3, 0.4) is 0 Å². The first-order chi connectivity index (χ1) is 7.36. The van der Waals surface area contributed by atoms with E-state index < -0.39 is 0 Å². The Hall–Kier alpha value is -1.19. The van der Waals surface area contributed by atoms with E-state index in [1.54, 1.807) is 19.3 Å². The van der Waals surface area contributed by atoms with Crippen molar-refractivity contribution in [3.63, 3.8) is 0 Å². The summed E-state index contributed by atoms with van der Waals surface area (Å²) in [7, 11) is 1.74. The molecule has 1 rings (SSSR count). The fourth-order valence-electron chi connectivity index (χ4n) is 1.21. The number of nitrogens with zero attached hydrogens (tertiary/aromatic N) is 1. The average Bonchev–Trinajstić information content (AvgIpc) is 2.76. The molecule has 1 fully saturated rings. The maximum Gasteiger partial charge on any atom is 0.161 e. The summed E-state index contributed by atoms with van der Waals surface area (Å²) < 4.78 is 10.6. The van der Waals surface area contributed by atoms with Crippen LogP contribution in [0, 0.1) is 0 Å². The highest BCUT2D eigenvalue weighted by Crippen LogP contribution is 2.09. The van der Waals surface area contributed by atoms with Crippen molar-refractivity contribution in [3.05, 3.63) is 36.5 Å². The Kier molecular flexibility index (Phi) is 5.66. The first kappa shape index (κ1) is 11.9. The molecule has 1 heterocycles. The lowest BCUT2D eigenvalue weighted by Crippen LogP contribution is -2.04. The van der Waals surface area contributed by atoms with Gasteiger partial charge in [-0.15, -0.1) is 0 Å². The SMILES string of the molecule is C=CC(/C=C/CC1OCCO1)=C\C=NC. The Morgan fingerprint density at radius 2 is 2.20 bits per heavy atom. The molecule has 0 amide bonds. The lowest BCUT2D eigenvalue weighted by Gasteiger charge is -2.03. The average molecular weight is 207 g/mol. The van der Waals surface area contributed by atoms with Crippen LogP contribution in [0.4, 0.5) is 0 Å². The summed E-state index contributed by atoms with van der Waals surface area (Å²) in [4.78, 5) is 3.88. The van der Waals surface area contributed by atoms with Crippen LogP contribution in [-0.4, -0.2) is 32.8 Å². The number of aliphatic imine (C=N–C) groups is 1. The van der Waals surface area contributed by atoms with Crippen molar-refractivity contribution in [3.8, 4) is 0 Å². The van der Waals surface area contributed by atoms with Crippen LogP contribution in [0.5, 0.6) is 0 Å². The molecule has 82 valence electrons. The molecule has 0 unspecified atom stereocenters. The van der Waals surface area contributed by atoms with Gasteiger partial charge in [0.25, 0.3) is 0 Å². The van der Waals surface area contributed by atoms with E-state index in [0.29, 0.717) is 13.2 Å². The molecule has 0 spiro atoms. The van der Waals surface area contributed by atoms with Gasteiger partial charge >= 0.3 is 0 Å². The number of hydrogen-bond donors (Lipinski definition) is 0. The topological polar surface area (TPSA) is 30.8 Å². The maximum atomic E-state index is 5.30. The van der Waals surface area contributed by atoms with Crippen LogP contribution >= 0.6 is 0 Å².